The molecule has 1 fully saturated rings. The number of furan rings is 1. The minimum absolute atomic E-state index is 0.0139. The summed E-state index contributed by atoms with van der Waals surface area (Å²) >= 11 is 0. The Morgan fingerprint density at radius 3 is 2.80 bits per heavy atom. The Kier molecular flexibility index (Phi) is 4.07. The molecule has 2 amide bonds. The third kappa shape index (κ3) is 2.81. The van der Waals surface area contributed by atoms with Crippen molar-refractivity contribution in [3.63, 3.8) is 0 Å². The number of carboxylic acids is 1. The maximum Gasteiger partial charge on any atom is 0.338 e. The highest BCUT2D eigenvalue weighted by Gasteiger charge is 2.29. The molecule has 0 aromatic carbocycles. The number of carbonyl (C=O) groups is 3. The van der Waals surface area contributed by atoms with Gasteiger partial charge in [0.2, 0.25) is 5.91 Å². The Labute approximate surface area is 115 Å². The van der Waals surface area contributed by atoms with Crippen LogP contribution < -0.4 is 5.32 Å². The largest absolute Gasteiger partial charge is 0.478 e. The van der Waals surface area contributed by atoms with Crippen molar-refractivity contribution in [1.29, 1.82) is 0 Å². The van der Waals surface area contributed by atoms with E-state index in [0.29, 0.717) is 13.1 Å². The Hall–Kier alpha value is -2.31. The number of nitrogens with zero attached hydrogens (tertiary/aromatic N) is 1. The van der Waals surface area contributed by atoms with Gasteiger partial charge in [-0.2, -0.15) is 0 Å². The first-order chi connectivity index (χ1) is 9.52. The van der Waals surface area contributed by atoms with E-state index >= 15 is 0 Å². The van der Waals surface area contributed by atoms with Crippen molar-refractivity contribution in [2.75, 3.05) is 20.1 Å². The number of hydrogen-bond acceptors (Lipinski definition) is 4. The zero-order valence-corrected chi connectivity index (χ0v) is 11.1. The van der Waals surface area contributed by atoms with Crippen molar-refractivity contribution in [2.45, 2.75) is 12.8 Å². The molecule has 1 aromatic rings. The molecule has 20 heavy (non-hydrogen) atoms. The molecule has 2 rings (SSSR count). The maximum atomic E-state index is 12.2. The molecule has 0 spiro atoms. The maximum absolute atomic E-state index is 12.2. The molecule has 2 heterocycles. The highest BCUT2D eigenvalue weighted by atomic mass is 16.4. The van der Waals surface area contributed by atoms with Crippen molar-refractivity contribution >= 4 is 17.8 Å². The summed E-state index contributed by atoms with van der Waals surface area (Å²) in [6.07, 6.45) is 2.51. The summed E-state index contributed by atoms with van der Waals surface area (Å²) < 4.78 is 4.99. The van der Waals surface area contributed by atoms with Crippen LogP contribution in [0.15, 0.2) is 16.7 Å². The van der Waals surface area contributed by atoms with E-state index in [1.54, 1.807) is 7.05 Å². The van der Waals surface area contributed by atoms with Crippen molar-refractivity contribution in [3.8, 4) is 0 Å². The van der Waals surface area contributed by atoms with Gasteiger partial charge in [0.25, 0.3) is 5.91 Å². The van der Waals surface area contributed by atoms with E-state index in [1.165, 1.54) is 11.0 Å². The number of piperidine rings is 1. The zero-order valence-electron chi connectivity index (χ0n) is 11.1. The Morgan fingerprint density at radius 2 is 2.20 bits per heavy atom. The number of carboxylic acid groups (broad SMARTS) is 1. The molecular weight excluding hydrogens is 264 g/mol. The van der Waals surface area contributed by atoms with Gasteiger partial charge >= 0.3 is 5.97 Å². The number of likely N-dealkylation sites (tertiary alicyclic amines) is 1. The summed E-state index contributed by atoms with van der Waals surface area (Å²) in [5.41, 5.74) is -0.0618. The van der Waals surface area contributed by atoms with Gasteiger partial charge in [0.15, 0.2) is 5.76 Å². The van der Waals surface area contributed by atoms with E-state index in [2.05, 4.69) is 5.32 Å². The van der Waals surface area contributed by atoms with Crippen LogP contribution in [-0.2, 0) is 4.79 Å². The second kappa shape index (κ2) is 5.77. The molecule has 1 aliphatic heterocycles. The molecule has 1 saturated heterocycles. The third-order valence-corrected chi connectivity index (χ3v) is 3.38. The van der Waals surface area contributed by atoms with Crippen LogP contribution in [0.1, 0.15) is 33.8 Å². The number of nitrogens with one attached hydrogen (secondary N) is 1. The summed E-state index contributed by atoms with van der Waals surface area (Å²) in [6, 6.07) is 1.20. The molecule has 1 unspecified atom stereocenters. The molecule has 1 atom stereocenters. The number of rotatable bonds is 3. The van der Waals surface area contributed by atoms with E-state index in [-0.39, 0.29) is 29.1 Å². The fourth-order valence-electron chi connectivity index (χ4n) is 2.30. The number of amides is 2. The Balaban J connectivity index is 2.08. The first kappa shape index (κ1) is 14.1. The SMILES string of the molecule is CNC(=O)C1CCCN(C(=O)c2cc(C(=O)O)co2)C1. The molecule has 0 saturated carbocycles. The van der Waals surface area contributed by atoms with Crippen LogP contribution >= 0.6 is 0 Å². The minimum Gasteiger partial charge on any atom is -0.478 e. The van der Waals surface area contributed by atoms with Crippen molar-refractivity contribution < 1.29 is 23.9 Å². The van der Waals surface area contributed by atoms with Crippen molar-refractivity contribution in [3.05, 3.63) is 23.7 Å². The number of carbonyl (C=O) groups excluding carboxylic acids is 2. The Bertz CT molecular complexity index is 537. The highest BCUT2D eigenvalue weighted by molar-refractivity contribution is 5.95. The predicted octanol–water partition coefficient (Wildman–Crippen LogP) is 0.576. The third-order valence-electron chi connectivity index (χ3n) is 3.38. The van der Waals surface area contributed by atoms with E-state index in [4.69, 9.17) is 9.52 Å². The van der Waals surface area contributed by atoms with Crippen molar-refractivity contribution in [1.82, 2.24) is 10.2 Å². The summed E-state index contributed by atoms with van der Waals surface area (Å²) in [7, 11) is 1.56. The number of hydrogen-bond donors (Lipinski definition) is 2. The van der Waals surface area contributed by atoms with Gasteiger partial charge in [0, 0.05) is 26.2 Å². The van der Waals surface area contributed by atoms with Gasteiger partial charge in [-0.3, -0.25) is 9.59 Å². The summed E-state index contributed by atoms with van der Waals surface area (Å²) in [5.74, 6) is -1.86. The lowest BCUT2D eigenvalue weighted by Crippen LogP contribution is -2.44. The quantitative estimate of drug-likeness (QED) is 0.843. The van der Waals surface area contributed by atoms with Gasteiger partial charge in [0.1, 0.15) is 6.26 Å². The highest BCUT2D eigenvalue weighted by Crippen LogP contribution is 2.19. The second-order valence-electron chi connectivity index (χ2n) is 4.71. The molecule has 0 aliphatic carbocycles. The number of aromatic carboxylic acids is 1. The monoisotopic (exact) mass is 280 g/mol. The van der Waals surface area contributed by atoms with Gasteiger partial charge in [-0.15, -0.1) is 0 Å². The van der Waals surface area contributed by atoms with Crippen LogP contribution in [0.4, 0.5) is 0 Å². The van der Waals surface area contributed by atoms with E-state index < -0.39 is 5.97 Å². The normalized spacial score (nSPS) is 18.6. The molecule has 0 bridgehead atoms. The average molecular weight is 280 g/mol. The average Bonchev–Trinajstić information content (AvgIpc) is 2.95. The molecule has 108 valence electrons. The summed E-state index contributed by atoms with van der Waals surface area (Å²) in [4.78, 5) is 36.1. The van der Waals surface area contributed by atoms with Crippen LogP contribution in [0.5, 0.6) is 0 Å². The molecule has 7 nitrogen and oxygen atoms in total. The molecule has 1 aromatic heterocycles. The van der Waals surface area contributed by atoms with E-state index in [1.807, 2.05) is 0 Å². The van der Waals surface area contributed by atoms with Crippen LogP contribution in [0.2, 0.25) is 0 Å². The lowest BCUT2D eigenvalue weighted by molar-refractivity contribution is -0.125. The smallest absolute Gasteiger partial charge is 0.338 e. The van der Waals surface area contributed by atoms with Crippen LogP contribution in [0.3, 0.4) is 0 Å². The van der Waals surface area contributed by atoms with Gasteiger partial charge in [0.05, 0.1) is 11.5 Å². The topological polar surface area (TPSA) is 99.9 Å². The van der Waals surface area contributed by atoms with E-state index in [9.17, 15) is 14.4 Å². The summed E-state index contributed by atoms with van der Waals surface area (Å²) in [5, 5.41) is 11.4. The van der Waals surface area contributed by atoms with Crippen molar-refractivity contribution in [2.24, 2.45) is 5.92 Å². The van der Waals surface area contributed by atoms with Gasteiger partial charge in [-0.05, 0) is 12.8 Å². The standard InChI is InChI=1S/C13H16N2O5/c1-14-11(16)8-3-2-4-15(6-8)12(17)10-5-9(7-20-10)13(18)19/h5,7-8H,2-4,6H2,1H3,(H,14,16)(H,18,19). The van der Waals surface area contributed by atoms with Crippen LogP contribution in [0.25, 0.3) is 0 Å². The van der Waals surface area contributed by atoms with Gasteiger partial charge in [-0.25, -0.2) is 4.79 Å². The Morgan fingerprint density at radius 1 is 1.45 bits per heavy atom. The second-order valence-corrected chi connectivity index (χ2v) is 4.71. The first-order valence-corrected chi connectivity index (χ1v) is 6.35. The predicted molar refractivity (Wildman–Crippen MR) is 68.4 cm³/mol. The molecular formula is C13H16N2O5. The molecule has 0 radical (unpaired) electrons. The molecule has 7 heteroatoms. The van der Waals surface area contributed by atoms with Crippen LogP contribution in [-0.4, -0.2) is 47.9 Å². The van der Waals surface area contributed by atoms with Crippen LogP contribution in [0, 0.1) is 5.92 Å². The zero-order chi connectivity index (χ0) is 14.7. The first-order valence-electron chi connectivity index (χ1n) is 6.35. The molecule has 2 N–H and O–H groups in total. The molecule has 1 aliphatic rings. The fraction of sp³-hybridized carbons (Fsp3) is 0.462. The summed E-state index contributed by atoms with van der Waals surface area (Å²) in [6.45, 7) is 0.858. The lowest BCUT2D eigenvalue weighted by Gasteiger charge is -2.31. The van der Waals surface area contributed by atoms with Gasteiger partial charge in [-0.1, -0.05) is 0 Å². The van der Waals surface area contributed by atoms with Gasteiger partial charge < -0.3 is 19.7 Å². The lowest BCUT2D eigenvalue weighted by atomic mass is 9.97. The minimum atomic E-state index is -1.14. The van der Waals surface area contributed by atoms with E-state index in [0.717, 1.165) is 19.1 Å². The fourth-order valence-corrected chi connectivity index (χ4v) is 2.30.